The molecule has 4 aromatic rings. The molecule has 0 saturated heterocycles. The van der Waals surface area contributed by atoms with Crippen LogP contribution in [0.5, 0.6) is 0 Å². The van der Waals surface area contributed by atoms with E-state index >= 15 is 0 Å². The van der Waals surface area contributed by atoms with Crippen LogP contribution in [0.1, 0.15) is 40.3 Å². The predicted octanol–water partition coefficient (Wildman–Crippen LogP) is 4.87. The van der Waals surface area contributed by atoms with Crippen LogP contribution < -0.4 is 0 Å². The summed E-state index contributed by atoms with van der Waals surface area (Å²) in [4.78, 5) is 31.4. The van der Waals surface area contributed by atoms with E-state index in [4.69, 9.17) is 0 Å². The van der Waals surface area contributed by atoms with Crippen LogP contribution in [0.2, 0.25) is 0 Å². The van der Waals surface area contributed by atoms with Gasteiger partial charge in [0.25, 0.3) is 0 Å². The lowest BCUT2D eigenvalue weighted by molar-refractivity contribution is 0.0964. The van der Waals surface area contributed by atoms with Crippen molar-refractivity contribution in [2.45, 2.75) is 33.9 Å². The predicted molar refractivity (Wildman–Crippen MR) is 122 cm³/mol. The Kier molecular flexibility index (Phi) is 9.62. The molecule has 2 aromatic carbocycles. The van der Waals surface area contributed by atoms with Crippen LogP contribution in [0.15, 0.2) is 91.9 Å². The molecule has 2 aromatic heterocycles. The fourth-order valence-electron chi connectivity index (χ4n) is 2.70. The Labute approximate surface area is 183 Å². The van der Waals surface area contributed by atoms with Gasteiger partial charge in [-0.15, -0.1) is 0 Å². The maximum absolute atomic E-state index is 11.8. The van der Waals surface area contributed by atoms with Crippen molar-refractivity contribution in [3.05, 3.63) is 109 Å². The number of rotatable bonds is 6. The molecule has 0 N–H and O–H groups in total. The number of aromatic nitrogens is 4. The van der Waals surface area contributed by atoms with Crippen LogP contribution in [-0.2, 0) is 13.1 Å². The van der Waals surface area contributed by atoms with E-state index in [1.54, 1.807) is 34.2 Å². The highest BCUT2D eigenvalue weighted by Crippen LogP contribution is 2.03. The molecule has 0 saturated carbocycles. The fourth-order valence-corrected chi connectivity index (χ4v) is 2.70. The molecule has 0 bridgehead atoms. The van der Waals surface area contributed by atoms with E-state index in [0.717, 1.165) is 16.8 Å². The number of hydrogen-bond donors (Lipinski definition) is 0. The maximum atomic E-state index is 11.8. The normalized spacial score (nSPS) is 9.65. The Morgan fingerprint density at radius 1 is 0.774 bits per heavy atom. The van der Waals surface area contributed by atoms with Crippen molar-refractivity contribution in [2.24, 2.45) is 0 Å². The lowest BCUT2D eigenvalue weighted by atomic mass is 10.1. The molecular formula is C25H28N4O2. The van der Waals surface area contributed by atoms with Crippen molar-refractivity contribution < 1.29 is 9.59 Å². The Bertz CT molecular complexity index is 1040. The number of imidazole rings is 2. The second kappa shape index (κ2) is 12.7. The number of carbonyl (C=O) groups is 2. The number of nitrogens with zero attached hydrogens (tertiary/aromatic N) is 4. The monoisotopic (exact) mass is 416 g/mol. The molecule has 31 heavy (non-hydrogen) atoms. The van der Waals surface area contributed by atoms with Gasteiger partial charge in [0.15, 0.2) is 11.6 Å². The summed E-state index contributed by atoms with van der Waals surface area (Å²) in [5.74, 6) is 0.205. The zero-order valence-electron chi connectivity index (χ0n) is 18.2. The molecule has 0 aliphatic rings. The van der Waals surface area contributed by atoms with Crippen molar-refractivity contribution in [1.82, 2.24) is 19.1 Å². The van der Waals surface area contributed by atoms with E-state index in [2.05, 4.69) is 9.97 Å². The second-order valence-corrected chi connectivity index (χ2v) is 6.50. The highest BCUT2D eigenvalue weighted by molar-refractivity contribution is 5.96. The molecule has 0 aliphatic heterocycles. The number of benzene rings is 2. The van der Waals surface area contributed by atoms with E-state index in [0.29, 0.717) is 13.1 Å². The van der Waals surface area contributed by atoms with Crippen molar-refractivity contribution in [2.75, 3.05) is 0 Å². The standard InChI is InChI=1S/C12H12N2O.C11H10N2O.C2H6/c1-10-7-14(9-13-10)8-12(15)11-5-3-2-4-6-11;14-11(8-13-7-6-12-9-13)10-4-2-1-3-5-10;1-2/h2-7,9H,8H2,1H3;1-7,9H,8H2;1-2H3. The van der Waals surface area contributed by atoms with E-state index in [1.807, 2.05) is 87.6 Å². The van der Waals surface area contributed by atoms with Crippen molar-refractivity contribution >= 4 is 11.6 Å². The first-order chi connectivity index (χ1) is 15.1. The molecule has 0 amide bonds. The summed E-state index contributed by atoms with van der Waals surface area (Å²) in [5, 5.41) is 0. The fraction of sp³-hybridized carbons (Fsp3) is 0.200. The van der Waals surface area contributed by atoms with Gasteiger partial charge in [0, 0.05) is 29.7 Å². The molecule has 6 heteroatoms. The minimum absolute atomic E-state index is 0.101. The number of hydrogen-bond acceptors (Lipinski definition) is 4. The molecule has 2 heterocycles. The molecule has 0 spiro atoms. The first-order valence-electron chi connectivity index (χ1n) is 10.2. The van der Waals surface area contributed by atoms with Gasteiger partial charge in [0.1, 0.15) is 0 Å². The summed E-state index contributed by atoms with van der Waals surface area (Å²) >= 11 is 0. The highest BCUT2D eigenvalue weighted by atomic mass is 16.1. The minimum atomic E-state index is 0.101. The van der Waals surface area contributed by atoms with E-state index < -0.39 is 0 Å². The van der Waals surface area contributed by atoms with Gasteiger partial charge >= 0.3 is 0 Å². The van der Waals surface area contributed by atoms with Crippen LogP contribution in [0, 0.1) is 6.92 Å². The SMILES string of the molecule is CC.Cc1cn(CC(=O)c2ccccc2)cn1.O=C(Cn1ccnc1)c1ccccc1. The summed E-state index contributed by atoms with van der Waals surface area (Å²) < 4.78 is 3.56. The van der Waals surface area contributed by atoms with Crippen LogP contribution >= 0.6 is 0 Å². The van der Waals surface area contributed by atoms with Gasteiger partial charge < -0.3 is 9.13 Å². The van der Waals surface area contributed by atoms with Crippen LogP contribution in [0.3, 0.4) is 0 Å². The third kappa shape index (κ3) is 7.85. The van der Waals surface area contributed by atoms with Gasteiger partial charge in [0.05, 0.1) is 31.4 Å². The summed E-state index contributed by atoms with van der Waals surface area (Å²) in [7, 11) is 0. The van der Waals surface area contributed by atoms with Gasteiger partial charge in [-0.3, -0.25) is 9.59 Å². The lowest BCUT2D eigenvalue weighted by Gasteiger charge is -2.00. The Morgan fingerprint density at radius 2 is 1.29 bits per heavy atom. The minimum Gasteiger partial charge on any atom is -0.330 e. The van der Waals surface area contributed by atoms with Gasteiger partial charge in [-0.2, -0.15) is 0 Å². The summed E-state index contributed by atoms with van der Waals surface area (Å²) in [6.07, 6.45) is 8.62. The summed E-state index contributed by atoms with van der Waals surface area (Å²) in [6, 6.07) is 18.5. The molecular weight excluding hydrogens is 388 g/mol. The molecule has 0 unspecified atom stereocenters. The number of aryl methyl sites for hydroxylation is 1. The van der Waals surface area contributed by atoms with Gasteiger partial charge in [0.2, 0.25) is 0 Å². The van der Waals surface area contributed by atoms with E-state index in [-0.39, 0.29) is 11.6 Å². The van der Waals surface area contributed by atoms with Crippen LogP contribution in [0.25, 0.3) is 0 Å². The first kappa shape index (κ1) is 23.5. The summed E-state index contributed by atoms with van der Waals surface area (Å²) in [6.45, 7) is 6.61. The van der Waals surface area contributed by atoms with Crippen LogP contribution in [0.4, 0.5) is 0 Å². The third-order valence-corrected chi connectivity index (χ3v) is 4.17. The smallest absolute Gasteiger partial charge is 0.182 e. The quantitative estimate of drug-likeness (QED) is 0.421. The number of Topliss-reactive ketones (excluding diaryl/α,β-unsaturated/α-hetero) is 2. The highest BCUT2D eigenvalue weighted by Gasteiger charge is 2.06. The Balaban J connectivity index is 0.000000204. The zero-order chi connectivity index (χ0) is 22.5. The van der Waals surface area contributed by atoms with Crippen molar-refractivity contribution in [1.29, 1.82) is 0 Å². The Hall–Kier alpha value is -3.80. The molecule has 4 rings (SSSR count). The average Bonchev–Trinajstić information content (AvgIpc) is 3.48. The summed E-state index contributed by atoms with van der Waals surface area (Å²) in [5.41, 5.74) is 2.40. The van der Waals surface area contributed by atoms with Crippen molar-refractivity contribution in [3.63, 3.8) is 0 Å². The molecule has 6 nitrogen and oxygen atoms in total. The maximum Gasteiger partial charge on any atom is 0.182 e. The van der Waals surface area contributed by atoms with Crippen LogP contribution in [-0.4, -0.2) is 30.7 Å². The molecule has 0 radical (unpaired) electrons. The second-order valence-electron chi connectivity index (χ2n) is 6.50. The van der Waals surface area contributed by atoms with Gasteiger partial charge in [-0.05, 0) is 6.92 Å². The number of carbonyl (C=O) groups excluding carboxylic acids is 2. The zero-order valence-corrected chi connectivity index (χ0v) is 18.2. The van der Waals surface area contributed by atoms with E-state index in [9.17, 15) is 9.59 Å². The molecule has 0 aliphatic carbocycles. The van der Waals surface area contributed by atoms with E-state index in [1.165, 1.54) is 0 Å². The molecule has 160 valence electrons. The number of ketones is 2. The van der Waals surface area contributed by atoms with Gasteiger partial charge in [-0.1, -0.05) is 74.5 Å². The topological polar surface area (TPSA) is 69.8 Å². The average molecular weight is 417 g/mol. The largest absolute Gasteiger partial charge is 0.330 e. The Morgan fingerprint density at radius 3 is 1.71 bits per heavy atom. The third-order valence-electron chi connectivity index (χ3n) is 4.17. The first-order valence-corrected chi connectivity index (χ1v) is 10.2. The lowest BCUT2D eigenvalue weighted by Crippen LogP contribution is -2.08. The van der Waals surface area contributed by atoms with Gasteiger partial charge in [-0.25, -0.2) is 9.97 Å². The molecule has 0 fully saturated rings. The molecule has 0 atom stereocenters. The van der Waals surface area contributed by atoms with Crippen molar-refractivity contribution in [3.8, 4) is 0 Å².